The van der Waals surface area contributed by atoms with E-state index in [1.165, 1.54) is 6.07 Å². The molecular weight excluding hydrogens is 350 g/mol. The molecule has 3 aromatic rings. The van der Waals surface area contributed by atoms with Crippen LogP contribution in [0.1, 0.15) is 15.9 Å². The van der Waals surface area contributed by atoms with Gasteiger partial charge in [0.05, 0.1) is 12.8 Å². The van der Waals surface area contributed by atoms with Crippen LogP contribution in [-0.4, -0.2) is 24.6 Å². The van der Waals surface area contributed by atoms with Crippen molar-refractivity contribution in [2.75, 3.05) is 6.54 Å². The van der Waals surface area contributed by atoms with Crippen molar-refractivity contribution in [1.29, 1.82) is 0 Å². The van der Waals surface area contributed by atoms with Crippen molar-refractivity contribution >= 4 is 40.4 Å². The van der Waals surface area contributed by atoms with Crippen LogP contribution < -0.4 is 10.7 Å². The molecule has 0 heterocycles. The molecule has 0 aliphatic heterocycles. The van der Waals surface area contributed by atoms with Crippen LogP contribution in [0.5, 0.6) is 0 Å². The predicted molar refractivity (Wildman–Crippen MR) is 103 cm³/mol. The van der Waals surface area contributed by atoms with Crippen molar-refractivity contribution in [2.24, 2.45) is 5.10 Å². The molecule has 3 aromatic carbocycles. The van der Waals surface area contributed by atoms with Crippen LogP contribution in [0.3, 0.4) is 0 Å². The molecular formula is C20H16ClN3O2. The fourth-order valence-electron chi connectivity index (χ4n) is 2.47. The maximum Gasteiger partial charge on any atom is 0.259 e. The summed E-state index contributed by atoms with van der Waals surface area (Å²) in [5.41, 5.74) is 3.69. The Balaban J connectivity index is 1.55. The summed E-state index contributed by atoms with van der Waals surface area (Å²) in [6.07, 6.45) is 1.58. The Morgan fingerprint density at radius 1 is 1.00 bits per heavy atom. The third-order valence-corrected chi connectivity index (χ3v) is 3.95. The number of nitrogens with zero attached hydrogens (tertiary/aromatic N) is 1. The number of carbonyl (C=O) groups is 2. The second-order valence-corrected chi connectivity index (χ2v) is 5.99. The van der Waals surface area contributed by atoms with E-state index in [-0.39, 0.29) is 12.5 Å². The molecule has 26 heavy (non-hydrogen) atoms. The molecule has 0 radical (unpaired) electrons. The van der Waals surface area contributed by atoms with E-state index in [4.69, 9.17) is 11.6 Å². The second-order valence-electron chi connectivity index (χ2n) is 5.55. The molecule has 5 nitrogen and oxygen atoms in total. The Morgan fingerprint density at radius 3 is 2.62 bits per heavy atom. The lowest BCUT2D eigenvalue weighted by Crippen LogP contribution is -2.34. The van der Waals surface area contributed by atoms with Gasteiger partial charge in [-0.2, -0.15) is 5.10 Å². The molecule has 0 unspecified atom stereocenters. The number of hydrogen-bond donors (Lipinski definition) is 2. The van der Waals surface area contributed by atoms with Gasteiger partial charge in [0.1, 0.15) is 0 Å². The van der Waals surface area contributed by atoms with Gasteiger partial charge in [-0.15, -0.1) is 0 Å². The first-order chi connectivity index (χ1) is 12.6. The van der Waals surface area contributed by atoms with E-state index in [1.807, 2.05) is 42.5 Å². The average molecular weight is 366 g/mol. The summed E-state index contributed by atoms with van der Waals surface area (Å²) in [7, 11) is 0. The van der Waals surface area contributed by atoms with Crippen LogP contribution in [0, 0.1) is 0 Å². The lowest BCUT2D eigenvalue weighted by atomic mass is 10.1. The van der Waals surface area contributed by atoms with Gasteiger partial charge < -0.3 is 5.32 Å². The van der Waals surface area contributed by atoms with Crippen LogP contribution in [0.4, 0.5) is 0 Å². The zero-order chi connectivity index (χ0) is 18.4. The smallest absolute Gasteiger partial charge is 0.259 e. The normalized spacial score (nSPS) is 10.8. The van der Waals surface area contributed by atoms with Crippen molar-refractivity contribution in [2.45, 2.75) is 0 Å². The number of nitrogens with one attached hydrogen (secondary N) is 2. The van der Waals surface area contributed by atoms with E-state index >= 15 is 0 Å². The topological polar surface area (TPSA) is 70.6 Å². The van der Waals surface area contributed by atoms with Gasteiger partial charge in [0.15, 0.2) is 0 Å². The molecule has 2 amide bonds. The van der Waals surface area contributed by atoms with Crippen LogP contribution >= 0.6 is 11.6 Å². The number of halogens is 1. The van der Waals surface area contributed by atoms with Gasteiger partial charge in [0.25, 0.3) is 11.8 Å². The highest BCUT2D eigenvalue weighted by atomic mass is 35.5. The van der Waals surface area contributed by atoms with Gasteiger partial charge >= 0.3 is 0 Å². The highest BCUT2D eigenvalue weighted by Crippen LogP contribution is 2.16. The maximum absolute atomic E-state index is 12.0. The standard InChI is InChI=1S/C20H16ClN3O2/c21-17-9-4-7-15(11-17)20(26)22-13-19(25)24-23-12-16-8-3-6-14-5-1-2-10-18(14)16/h1-12H,13H2,(H,22,26)(H,24,25). The van der Waals surface area contributed by atoms with Gasteiger partial charge in [-0.3, -0.25) is 9.59 Å². The summed E-state index contributed by atoms with van der Waals surface area (Å²) < 4.78 is 0. The molecule has 6 heteroatoms. The average Bonchev–Trinajstić information content (AvgIpc) is 2.66. The number of amides is 2. The van der Waals surface area contributed by atoms with E-state index in [0.717, 1.165) is 16.3 Å². The number of rotatable bonds is 5. The molecule has 0 aliphatic rings. The minimum absolute atomic E-state index is 0.182. The molecule has 0 aliphatic carbocycles. The quantitative estimate of drug-likeness (QED) is 0.537. The van der Waals surface area contributed by atoms with Crippen molar-refractivity contribution in [3.8, 4) is 0 Å². The largest absolute Gasteiger partial charge is 0.343 e. The second kappa shape index (κ2) is 8.27. The zero-order valence-corrected chi connectivity index (χ0v) is 14.5. The van der Waals surface area contributed by atoms with E-state index in [9.17, 15) is 9.59 Å². The Labute approximate surface area is 155 Å². The number of hydrazone groups is 1. The highest BCUT2D eigenvalue weighted by molar-refractivity contribution is 6.31. The summed E-state index contributed by atoms with van der Waals surface area (Å²) in [6.45, 7) is -0.182. The van der Waals surface area contributed by atoms with Crippen LogP contribution in [0.15, 0.2) is 71.8 Å². The summed E-state index contributed by atoms with van der Waals surface area (Å²) in [5, 5.41) is 9.08. The minimum Gasteiger partial charge on any atom is -0.343 e. The van der Waals surface area contributed by atoms with Gasteiger partial charge in [-0.25, -0.2) is 5.43 Å². The lowest BCUT2D eigenvalue weighted by Gasteiger charge is -2.05. The van der Waals surface area contributed by atoms with Crippen molar-refractivity contribution in [1.82, 2.24) is 10.7 Å². The van der Waals surface area contributed by atoms with Crippen LogP contribution in [0.25, 0.3) is 10.8 Å². The number of carbonyl (C=O) groups excluding carboxylic acids is 2. The van der Waals surface area contributed by atoms with Crippen molar-refractivity contribution in [3.63, 3.8) is 0 Å². The van der Waals surface area contributed by atoms with Crippen LogP contribution in [0.2, 0.25) is 5.02 Å². The van der Waals surface area contributed by atoms with E-state index in [1.54, 1.807) is 24.4 Å². The Kier molecular flexibility index (Phi) is 5.61. The SMILES string of the molecule is O=C(CNC(=O)c1cccc(Cl)c1)NN=Cc1cccc2ccccc12. The fraction of sp³-hybridized carbons (Fsp3) is 0.0500. The van der Waals surface area contributed by atoms with Gasteiger partial charge in [-0.05, 0) is 29.0 Å². The van der Waals surface area contributed by atoms with Gasteiger partial charge in [0, 0.05) is 16.1 Å². The molecule has 3 rings (SSSR count). The third-order valence-electron chi connectivity index (χ3n) is 3.71. The molecule has 0 fully saturated rings. The highest BCUT2D eigenvalue weighted by Gasteiger charge is 2.07. The molecule has 0 spiro atoms. The first kappa shape index (κ1) is 17.6. The molecule has 0 aromatic heterocycles. The minimum atomic E-state index is -0.420. The summed E-state index contributed by atoms with van der Waals surface area (Å²) in [6, 6.07) is 20.3. The molecule has 0 bridgehead atoms. The Morgan fingerprint density at radius 2 is 1.77 bits per heavy atom. The lowest BCUT2D eigenvalue weighted by molar-refractivity contribution is -0.120. The summed E-state index contributed by atoms with van der Waals surface area (Å²) in [4.78, 5) is 23.8. The number of hydrogen-bond acceptors (Lipinski definition) is 3. The predicted octanol–water partition coefficient (Wildman–Crippen LogP) is 3.37. The molecule has 0 atom stereocenters. The molecule has 0 saturated heterocycles. The molecule has 130 valence electrons. The number of fused-ring (bicyclic) bond motifs is 1. The van der Waals surface area contributed by atoms with E-state index < -0.39 is 5.91 Å². The fourth-order valence-corrected chi connectivity index (χ4v) is 2.66. The van der Waals surface area contributed by atoms with E-state index in [2.05, 4.69) is 15.8 Å². The van der Waals surface area contributed by atoms with Crippen molar-refractivity contribution < 1.29 is 9.59 Å². The van der Waals surface area contributed by atoms with Crippen LogP contribution in [-0.2, 0) is 4.79 Å². The monoisotopic (exact) mass is 365 g/mol. The zero-order valence-electron chi connectivity index (χ0n) is 13.8. The first-order valence-electron chi connectivity index (χ1n) is 7.97. The maximum atomic E-state index is 12.0. The van der Waals surface area contributed by atoms with E-state index in [0.29, 0.717) is 10.6 Å². The van der Waals surface area contributed by atoms with Crippen molar-refractivity contribution in [3.05, 3.63) is 82.9 Å². The Hall–Kier alpha value is -3.18. The summed E-state index contributed by atoms with van der Waals surface area (Å²) in [5.74, 6) is -0.794. The Bertz CT molecular complexity index is 980. The van der Waals surface area contributed by atoms with Gasteiger partial charge in [-0.1, -0.05) is 60.1 Å². The molecule has 0 saturated carbocycles. The third kappa shape index (κ3) is 4.46. The number of benzene rings is 3. The first-order valence-corrected chi connectivity index (χ1v) is 8.35. The van der Waals surface area contributed by atoms with Gasteiger partial charge in [0.2, 0.25) is 0 Å². The summed E-state index contributed by atoms with van der Waals surface area (Å²) >= 11 is 5.84. The molecule has 2 N–H and O–H groups in total.